The van der Waals surface area contributed by atoms with Gasteiger partial charge in [0.05, 0.1) is 19.8 Å². The van der Waals surface area contributed by atoms with E-state index in [0.717, 1.165) is 0 Å². The van der Waals surface area contributed by atoms with Crippen LogP contribution >= 0.6 is 0 Å². The zero-order valence-corrected chi connectivity index (χ0v) is 9.97. The number of aliphatic hydroxyl groups excluding tert-OH is 1. The number of carbonyl (C=O) groups excluding carboxylic acids is 1. The normalized spacial score (nSPS) is 11.9. The number of carbonyl (C=O) groups is 1. The van der Waals surface area contributed by atoms with Crippen LogP contribution in [0.2, 0.25) is 0 Å². The van der Waals surface area contributed by atoms with Crippen molar-refractivity contribution in [2.45, 2.75) is 6.10 Å². The Hall–Kier alpha value is -1.59. The highest BCUT2D eigenvalue weighted by atomic mass is 16.5. The monoisotopic (exact) mass is 239 g/mol. The maximum absolute atomic E-state index is 11.6. The van der Waals surface area contributed by atoms with Crippen LogP contribution in [0.4, 0.5) is 0 Å². The van der Waals surface area contributed by atoms with Crippen LogP contribution in [0, 0.1) is 0 Å². The summed E-state index contributed by atoms with van der Waals surface area (Å²) in [5.74, 6) is 0.462. The molecule has 0 aromatic heterocycles. The average Bonchev–Trinajstić information content (AvgIpc) is 2.36. The third-order valence-electron chi connectivity index (χ3n) is 2.21. The topological polar surface area (TPSA) is 67.8 Å². The second-order valence-electron chi connectivity index (χ2n) is 3.55. The summed E-state index contributed by atoms with van der Waals surface area (Å²) in [6.07, 6.45) is -0.692. The minimum Gasteiger partial charge on any atom is -0.497 e. The Bertz CT molecular complexity index is 350. The lowest BCUT2D eigenvalue weighted by atomic mass is 10.2. The summed E-state index contributed by atoms with van der Waals surface area (Å²) < 4.78 is 9.74. The highest BCUT2D eigenvalue weighted by molar-refractivity contribution is 5.94. The van der Waals surface area contributed by atoms with Gasteiger partial charge in [0.1, 0.15) is 5.75 Å². The summed E-state index contributed by atoms with van der Waals surface area (Å²) in [7, 11) is 3.06. The first kappa shape index (κ1) is 13.5. The van der Waals surface area contributed by atoms with Crippen LogP contribution in [0.15, 0.2) is 24.3 Å². The highest BCUT2D eigenvalue weighted by Crippen LogP contribution is 2.10. The SMILES string of the molecule is COCC(O)CNC(=O)c1ccc(OC)cc1. The van der Waals surface area contributed by atoms with Gasteiger partial charge >= 0.3 is 0 Å². The Labute approximate surface area is 100 Å². The highest BCUT2D eigenvalue weighted by Gasteiger charge is 2.08. The number of amides is 1. The van der Waals surface area contributed by atoms with Crippen molar-refractivity contribution < 1.29 is 19.4 Å². The fraction of sp³-hybridized carbons (Fsp3) is 0.417. The van der Waals surface area contributed by atoms with Crippen molar-refractivity contribution in [1.82, 2.24) is 5.32 Å². The molecule has 0 aliphatic carbocycles. The van der Waals surface area contributed by atoms with Crippen LogP contribution < -0.4 is 10.1 Å². The molecule has 0 bridgehead atoms. The molecule has 0 aliphatic heterocycles. The minimum atomic E-state index is -0.692. The number of hydrogen-bond donors (Lipinski definition) is 2. The van der Waals surface area contributed by atoms with Gasteiger partial charge in [0.15, 0.2) is 0 Å². The third-order valence-corrected chi connectivity index (χ3v) is 2.21. The van der Waals surface area contributed by atoms with E-state index >= 15 is 0 Å². The summed E-state index contributed by atoms with van der Waals surface area (Å²) in [5, 5.41) is 12.0. The van der Waals surface area contributed by atoms with Gasteiger partial charge in [0.25, 0.3) is 5.91 Å². The molecule has 1 unspecified atom stereocenters. The zero-order chi connectivity index (χ0) is 12.7. The molecule has 2 N–H and O–H groups in total. The van der Waals surface area contributed by atoms with E-state index in [4.69, 9.17) is 9.47 Å². The lowest BCUT2D eigenvalue weighted by Crippen LogP contribution is -2.34. The fourth-order valence-corrected chi connectivity index (χ4v) is 1.31. The van der Waals surface area contributed by atoms with Gasteiger partial charge in [0, 0.05) is 19.2 Å². The second kappa shape index (κ2) is 6.88. The zero-order valence-electron chi connectivity index (χ0n) is 9.97. The number of ether oxygens (including phenoxy) is 2. The molecule has 1 rings (SSSR count). The van der Waals surface area contributed by atoms with Gasteiger partial charge in [-0.25, -0.2) is 0 Å². The van der Waals surface area contributed by atoms with Crippen molar-refractivity contribution in [2.75, 3.05) is 27.4 Å². The molecule has 94 valence electrons. The molecule has 5 heteroatoms. The van der Waals surface area contributed by atoms with E-state index in [1.54, 1.807) is 31.4 Å². The molecule has 0 saturated heterocycles. The summed E-state index contributed by atoms with van der Waals surface area (Å²) in [6.45, 7) is 0.363. The second-order valence-corrected chi connectivity index (χ2v) is 3.55. The molecule has 5 nitrogen and oxygen atoms in total. The van der Waals surface area contributed by atoms with Gasteiger partial charge in [0.2, 0.25) is 0 Å². The Balaban J connectivity index is 2.46. The quantitative estimate of drug-likeness (QED) is 0.755. The lowest BCUT2D eigenvalue weighted by molar-refractivity contribution is 0.0610. The predicted octanol–water partition coefficient (Wildman–Crippen LogP) is 0.432. The van der Waals surface area contributed by atoms with E-state index in [9.17, 15) is 9.90 Å². The molecule has 17 heavy (non-hydrogen) atoms. The van der Waals surface area contributed by atoms with Gasteiger partial charge < -0.3 is 19.9 Å². The number of aliphatic hydroxyl groups is 1. The summed E-state index contributed by atoms with van der Waals surface area (Å²) in [6, 6.07) is 6.74. The van der Waals surface area contributed by atoms with Crippen LogP contribution in [0.3, 0.4) is 0 Å². The van der Waals surface area contributed by atoms with Gasteiger partial charge in [-0.2, -0.15) is 0 Å². The lowest BCUT2D eigenvalue weighted by Gasteiger charge is -2.10. The van der Waals surface area contributed by atoms with Crippen LogP contribution in [-0.4, -0.2) is 44.5 Å². The van der Waals surface area contributed by atoms with Gasteiger partial charge in [-0.05, 0) is 24.3 Å². The molecule has 1 aromatic rings. The number of benzene rings is 1. The molecule has 1 amide bonds. The molecule has 0 spiro atoms. The maximum Gasteiger partial charge on any atom is 0.251 e. The van der Waals surface area contributed by atoms with Crippen molar-refractivity contribution in [2.24, 2.45) is 0 Å². The summed E-state index contributed by atoms with van der Waals surface area (Å²) in [5.41, 5.74) is 0.524. The van der Waals surface area contributed by atoms with Gasteiger partial charge in [-0.15, -0.1) is 0 Å². The van der Waals surface area contributed by atoms with E-state index in [1.807, 2.05) is 0 Å². The largest absolute Gasteiger partial charge is 0.497 e. The Kier molecular flexibility index (Phi) is 5.45. The number of methoxy groups -OCH3 is 2. The maximum atomic E-state index is 11.6. The van der Waals surface area contributed by atoms with E-state index < -0.39 is 6.10 Å². The molecule has 0 heterocycles. The predicted molar refractivity (Wildman–Crippen MR) is 63.2 cm³/mol. The Morgan fingerprint density at radius 1 is 1.35 bits per heavy atom. The molecule has 0 radical (unpaired) electrons. The molecule has 1 atom stereocenters. The summed E-state index contributed by atoms with van der Waals surface area (Å²) >= 11 is 0. The molecule has 0 fully saturated rings. The van der Waals surface area contributed by atoms with Crippen molar-refractivity contribution in [3.63, 3.8) is 0 Å². The fourth-order valence-electron chi connectivity index (χ4n) is 1.31. The van der Waals surface area contributed by atoms with Gasteiger partial charge in [-0.1, -0.05) is 0 Å². The Morgan fingerprint density at radius 2 is 2.00 bits per heavy atom. The van der Waals surface area contributed by atoms with Crippen molar-refractivity contribution >= 4 is 5.91 Å². The molecule has 0 aliphatic rings. The van der Waals surface area contributed by atoms with Gasteiger partial charge in [-0.3, -0.25) is 4.79 Å². The van der Waals surface area contributed by atoms with Crippen molar-refractivity contribution in [3.8, 4) is 5.75 Å². The van der Waals surface area contributed by atoms with E-state index in [-0.39, 0.29) is 19.1 Å². The molecular weight excluding hydrogens is 222 g/mol. The Morgan fingerprint density at radius 3 is 2.53 bits per heavy atom. The van der Waals surface area contributed by atoms with Crippen LogP contribution in [0.25, 0.3) is 0 Å². The molecule has 1 aromatic carbocycles. The minimum absolute atomic E-state index is 0.165. The molecule has 0 saturated carbocycles. The number of hydrogen-bond acceptors (Lipinski definition) is 4. The van der Waals surface area contributed by atoms with Crippen LogP contribution in [0.1, 0.15) is 10.4 Å². The average molecular weight is 239 g/mol. The van der Waals surface area contributed by atoms with Crippen LogP contribution in [0.5, 0.6) is 5.75 Å². The first-order valence-electron chi connectivity index (χ1n) is 5.26. The number of rotatable bonds is 6. The number of nitrogens with one attached hydrogen (secondary N) is 1. The van der Waals surface area contributed by atoms with Crippen LogP contribution in [-0.2, 0) is 4.74 Å². The van der Waals surface area contributed by atoms with Crippen molar-refractivity contribution in [3.05, 3.63) is 29.8 Å². The smallest absolute Gasteiger partial charge is 0.251 e. The first-order chi connectivity index (χ1) is 8.17. The van der Waals surface area contributed by atoms with E-state index in [1.165, 1.54) is 7.11 Å². The summed E-state index contributed by atoms with van der Waals surface area (Å²) in [4.78, 5) is 11.6. The van der Waals surface area contributed by atoms with Crippen molar-refractivity contribution in [1.29, 1.82) is 0 Å². The van der Waals surface area contributed by atoms with E-state index in [2.05, 4.69) is 5.32 Å². The third kappa shape index (κ3) is 4.42. The first-order valence-corrected chi connectivity index (χ1v) is 5.26. The van der Waals surface area contributed by atoms with E-state index in [0.29, 0.717) is 11.3 Å². The standard InChI is InChI=1S/C12H17NO4/c1-16-8-10(14)7-13-12(15)9-3-5-11(17-2)6-4-9/h3-6,10,14H,7-8H2,1-2H3,(H,13,15). The molecular formula is C12H17NO4.